The van der Waals surface area contributed by atoms with Gasteiger partial charge in [-0.3, -0.25) is 4.79 Å². The number of carbonyl (C=O) groups is 2. The van der Waals surface area contributed by atoms with E-state index < -0.39 is 18.4 Å². The molecular formula is C23H29NO5S. The zero-order valence-electron chi connectivity index (χ0n) is 17.8. The van der Waals surface area contributed by atoms with Gasteiger partial charge in [-0.1, -0.05) is 31.1 Å². The number of nitrogens with zero attached hydrogens (tertiary/aromatic N) is 1. The fraction of sp³-hybridized carbons (Fsp3) is 0.652. The first-order valence-electron chi connectivity index (χ1n) is 10.7. The molecular weight excluding hydrogens is 402 g/mol. The molecule has 6 nitrogen and oxygen atoms in total. The molecule has 3 unspecified atom stereocenters. The maximum atomic E-state index is 13.4. The van der Waals surface area contributed by atoms with E-state index in [2.05, 4.69) is 11.8 Å². The molecule has 1 aliphatic carbocycles. The maximum absolute atomic E-state index is 13.4. The molecule has 3 heterocycles. The van der Waals surface area contributed by atoms with Gasteiger partial charge in [-0.2, -0.15) is 0 Å². The summed E-state index contributed by atoms with van der Waals surface area (Å²) in [7, 11) is 0. The third-order valence-electron chi connectivity index (χ3n) is 5.88. The van der Waals surface area contributed by atoms with Gasteiger partial charge in [0.2, 0.25) is 6.29 Å². The zero-order chi connectivity index (χ0) is 21.5. The van der Waals surface area contributed by atoms with E-state index in [9.17, 15) is 14.7 Å². The quantitative estimate of drug-likeness (QED) is 0.542. The Morgan fingerprint density at radius 2 is 1.93 bits per heavy atom. The van der Waals surface area contributed by atoms with Gasteiger partial charge in [0.05, 0.1) is 23.2 Å². The minimum absolute atomic E-state index is 0.0515. The number of hydrogen-bond acceptors (Lipinski definition) is 6. The van der Waals surface area contributed by atoms with Crippen LogP contribution >= 0.6 is 11.3 Å². The highest BCUT2D eigenvalue weighted by Gasteiger charge is 2.45. The molecule has 4 rings (SSSR count). The number of thiophene rings is 1. The molecule has 2 aliphatic heterocycles. The number of morpholine rings is 1. The predicted molar refractivity (Wildman–Crippen MR) is 114 cm³/mol. The van der Waals surface area contributed by atoms with Crippen molar-refractivity contribution < 1.29 is 24.2 Å². The predicted octanol–water partition coefficient (Wildman–Crippen LogP) is 3.71. The molecule has 162 valence electrons. The Hall–Kier alpha value is -1.88. The lowest BCUT2D eigenvalue weighted by atomic mass is 9.82. The van der Waals surface area contributed by atoms with E-state index in [-0.39, 0.29) is 23.8 Å². The van der Waals surface area contributed by atoms with Crippen molar-refractivity contribution in [3.05, 3.63) is 15.8 Å². The Kier molecular flexibility index (Phi) is 5.93. The van der Waals surface area contributed by atoms with Crippen LogP contribution < -0.4 is 4.90 Å². The van der Waals surface area contributed by atoms with Gasteiger partial charge >= 0.3 is 5.97 Å². The Balaban J connectivity index is 1.79. The molecule has 2 fully saturated rings. The zero-order valence-corrected chi connectivity index (χ0v) is 18.6. The molecule has 2 bridgehead atoms. The summed E-state index contributed by atoms with van der Waals surface area (Å²) in [5.74, 6) is 5.84. The summed E-state index contributed by atoms with van der Waals surface area (Å²) in [5, 5.41) is 10.2. The molecule has 3 atom stereocenters. The first kappa shape index (κ1) is 21.4. The largest absolute Gasteiger partial charge is 0.432 e. The molecule has 1 saturated carbocycles. The Bertz CT molecular complexity index is 884. The van der Waals surface area contributed by atoms with E-state index in [1.165, 1.54) is 17.8 Å². The number of ether oxygens (including phenoxy) is 2. The second-order valence-electron chi connectivity index (χ2n) is 9.42. The number of cyclic esters (lactones) is 1. The van der Waals surface area contributed by atoms with Crippen LogP contribution in [0.1, 0.15) is 73.8 Å². The molecule has 3 aliphatic rings. The number of aliphatic hydroxyl groups is 1. The minimum Gasteiger partial charge on any atom is -0.432 e. The van der Waals surface area contributed by atoms with Gasteiger partial charge in [-0.15, -0.1) is 11.3 Å². The van der Waals surface area contributed by atoms with Crippen molar-refractivity contribution in [1.82, 2.24) is 0 Å². The van der Waals surface area contributed by atoms with Crippen LogP contribution in [0.5, 0.6) is 0 Å². The van der Waals surface area contributed by atoms with E-state index in [0.717, 1.165) is 25.7 Å². The third-order valence-corrected chi connectivity index (χ3v) is 6.90. The van der Waals surface area contributed by atoms with E-state index >= 15 is 0 Å². The smallest absolute Gasteiger partial charge is 0.352 e. The Labute approximate surface area is 181 Å². The van der Waals surface area contributed by atoms with E-state index in [4.69, 9.17) is 9.47 Å². The van der Waals surface area contributed by atoms with Crippen LogP contribution in [0, 0.1) is 23.2 Å². The summed E-state index contributed by atoms with van der Waals surface area (Å²) in [4.78, 5) is 29.0. The molecule has 0 spiro atoms. The van der Waals surface area contributed by atoms with Crippen LogP contribution in [0.25, 0.3) is 0 Å². The van der Waals surface area contributed by atoms with Gasteiger partial charge in [0, 0.05) is 11.8 Å². The van der Waals surface area contributed by atoms with Crippen LogP contribution in [0.15, 0.2) is 6.07 Å². The summed E-state index contributed by atoms with van der Waals surface area (Å²) in [6.45, 7) is 6.47. The molecule has 30 heavy (non-hydrogen) atoms. The number of hydrogen-bond donors (Lipinski definition) is 1. The Morgan fingerprint density at radius 1 is 1.20 bits per heavy atom. The fourth-order valence-corrected chi connectivity index (χ4v) is 5.32. The molecule has 0 aromatic carbocycles. The van der Waals surface area contributed by atoms with Gasteiger partial charge in [0.25, 0.3) is 5.91 Å². The fourth-order valence-electron chi connectivity index (χ4n) is 4.44. The second-order valence-corrected chi connectivity index (χ2v) is 10.5. The molecule has 1 aromatic heterocycles. The molecule has 1 N–H and O–H groups in total. The topological polar surface area (TPSA) is 76.1 Å². The monoisotopic (exact) mass is 431 g/mol. The lowest BCUT2D eigenvalue weighted by molar-refractivity contribution is -0.147. The number of esters is 1. The van der Waals surface area contributed by atoms with Crippen LogP contribution in [-0.4, -0.2) is 42.0 Å². The average Bonchev–Trinajstić information content (AvgIpc) is 3.11. The second kappa shape index (κ2) is 8.33. The van der Waals surface area contributed by atoms with E-state index in [1.807, 2.05) is 26.8 Å². The first-order valence-corrected chi connectivity index (χ1v) is 11.6. The van der Waals surface area contributed by atoms with Gasteiger partial charge in [0.1, 0.15) is 11.0 Å². The highest BCUT2D eigenvalue weighted by Crippen LogP contribution is 2.40. The van der Waals surface area contributed by atoms with Gasteiger partial charge in [0.15, 0.2) is 0 Å². The summed E-state index contributed by atoms with van der Waals surface area (Å²) >= 11 is 1.22. The van der Waals surface area contributed by atoms with Crippen molar-refractivity contribution in [2.45, 2.75) is 77.7 Å². The van der Waals surface area contributed by atoms with Crippen LogP contribution in [0.4, 0.5) is 5.69 Å². The van der Waals surface area contributed by atoms with Gasteiger partial charge in [-0.05, 0) is 45.6 Å². The van der Waals surface area contributed by atoms with Crippen molar-refractivity contribution in [2.75, 3.05) is 11.5 Å². The first-order chi connectivity index (χ1) is 14.2. The molecule has 7 heteroatoms. The van der Waals surface area contributed by atoms with Crippen LogP contribution in [-0.2, 0) is 14.3 Å². The number of aliphatic hydroxyl groups excluding tert-OH is 1. The van der Waals surface area contributed by atoms with Crippen molar-refractivity contribution in [1.29, 1.82) is 0 Å². The van der Waals surface area contributed by atoms with Gasteiger partial charge < -0.3 is 19.5 Å². The lowest BCUT2D eigenvalue weighted by Crippen LogP contribution is -2.57. The maximum Gasteiger partial charge on any atom is 0.352 e. The lowest BCUT2D eigenvalue weighted by Gasteiger charge is -2.43. The number of anilines is 1. The van der Waals surface area contributed by atoms with Crippen molar-refractivity contribution in [3.8, 4) is 11.8 Å². The summed E-state index contributed by atoms with van der Waals surface area (Å²) in [6.07, 6.45) is 3.36. The molecule has 1 saturated heterocycles. The van der Waals surface area contributed by atoms with E-state index in [0.29, 0.717) is 28.0 Å². The average molecular weight is 432 g/mol. The number of carbonyl (C=O) groups excluding carboxylic acids is 2. The molecule has 1 aromatic rings. The normalized spacial score (nSPS) is 27.9. The minimum atomic E-state index is -1.38. The van der Waals surface area contributed by atoms with Gasteiger partial charge in [-0.25, -0.2) is 4.79 Å². The van der Waals surface area contributed by atoms with Crippen LogP contribution in [0.3, 0.4) is 0 Å². The summed E-state index contributed by atoms with van der Waals surface area (Å²) < 4.78 is 11.1. The van der Waals surface area contributed by atoms with Crippen LogP contribution in [0.2, 0.25) is 0 Å². The molecule has 0 radical (unpaired) electrons. The number of rotatable bonds is 1. The standard InChI is InChI=1S/C23H29NO5S/c1-23(2,3)10-9-15-11-16-20(30-15)22(27)29-19(25)12-18-21(26)24(16)17(13-28-18)14-7-5-4-6-8-14/h11,14,17-19,25H,4-8,12-13H2,1-3H3. The summed E-state index contributed by atoms with van der Waals surface area (Å²) in [6, 6.07) is 1.71. The SMILES string of the molecule is CC(C)(C)C#Cc1cc2c(s1)C(=O)OC(O)CC1OCC(C3CCCCC3)N2C1=O. The van der Waals surface area contributed by atoms with E-state index in [1.54, 1.807) is 4.90 Å². The third kappa shape index (κ3) is 4.41. The Morgan fingerprint density at radius 3 is 2.63 bits per heavy atom. The molecule has 1 amide bonds. The van der Waals surface area contributed by atoms with Crippen molar-refractivity contribution in [3.63, 3.8) is 0 Å². The highest BCUT2D eigenvalue weighted by molar-refractivity contribution is 7.15. The highest BCUT2D eigenvalue weighted by atomic mass is 32.1. The number of amides is 1. The van der Waals surface area contributed by atoms with Crippen molar-refractivity contribution >= 4 is 28.9 Å². The van der Waals surface area contributed by atoms with Crippen molar-refractivity contribution in [2.24, 2.45) is 11.3 Å². The number of fused-ring (bicyclic) bond motifs is 4. The summed E-state index contributed by atoms with van der Waals surface area (Å²) in [5.41, 5.74) is 0.364.